The summed E-state index contributed by atoms with van der Waals surface area (Å²) in [4.78, 5) is 24.4. The number of anilines is 1. The lowest BCUT2D eigenvalue weighted by molar-refractivity contribution is -0.113. The van der Waals surface area contributed by atoms with Gasteiger partial charge in [-0.1, -0.05) is 37.7 Å². The van der Waals surface area contributed by atoms with Gasteiger partial charge in [-0.25, -0.2) is 9.97 Å². The molecule has 4 rings (SSSR count). The molecule has 1 unspecified atom stereocenters. The predicted octanol–water partition coefficient (Wildman–Crippen LogP) is 6.12. The van der Waals surface area contributed by atoms with Gasteiger partial charge < -0.3 is 5.32 Å². The second-order valence-corrected chi connectivity index (χ2v) is 9.78. The number of aryl methyl sites for hydroxylation is 3. The molecule has 0 saturated heterocycles. The van der Waals surface area contributed by atoms with Crippen LogP contribution < -0.4 is 5.32 Å². The molecule has 0 bridgehead atoms. The molecule has 0 aliphatic heterocycles. The maximum atomic E-state index is 12.5. The third kappa shape index (κ3) is 4.48. The smallest absolute Gasteiger partial charge is 0.234 e. The largest absolute Gasteiger partial charge is 0.325 e. The number of rotatable bonds is 6. The Bertz CT molecular complexity index is 1030. The van der Waals surface area contributed by atoms with E-state index >= 15 is 0 Å². The summed E-state index contributed by atoms with van der Waals surface area (Å²) in [5.41, 5.74) is 3.57. The number of hydrogen-bond acceptors (Lipinski definition) is 5. The summed E-state index contributed by atoms with van der Waals surface area (Å²) in [7, 11) is 0. The molecule has 6 heteroatoms. The number of amides is 1. The van der Waals surface area contributed by atoms with E-state index in [9.17, 15) is 4.79 Å². The Morgan fingerprint density at radius 1 is 1.21 bits per heavy atom. The van der Waals surface area contributed by atoms with Gasteiger partial charge in [0.05, 0.1) is 5.75 Å². The maximum absolute atomic E-state index is 12.5. The Morgan fingerprint density at radius 2 is 1.97 bits per heavy atom. The second kappa shape index (κ2) is 8.84. The first kappa shape index (κ1) is 20.4. The van der Waals surface area contributed by atoms with Crippen LogP contribution in [0, 0.1) is 6.92 Å². The summed E-state index contributed by atoms with van der Waals surface area (Å²) in [5, 5.41) is 5.15. The fourth-order valence-corrected chi connectivity index (χ4v) is 6.06. The van der Waals surface area contributed by atoms with Crippen LogP contribution in [0.5, 0.6) is 0 Å². The minimum absolute atomic E-state index is 0.000183. The van der Waals surface area contributed by atoms with Crippen molar-refractivity contribution in [1.82, 2.24) is 9.97 Å². The zero-order valence-electron chi connectivity index (χ0n) is 17.2. The van der Waals surface area contributed by atoms with Crippen molar-refractivity contribution in [2.75, 3.05) is 11.1 Å². The maximum Gasteiger partial charge on any atom is 0.234 e. The minimum Gasteiger partial charge on any atom is -0.325 e. The number of aromatic nitrogens is 2. The van der Waals surface area contributed by atoms with Crippen LogP contribution in [0.3, 0.4) is 0 Å². The third-order valence-corrected chi connectivity index (χ3v) is 7.77. The molecule has 1 aliphatic carbocycles. The highest BCUT2D eigenvalue weighted by Crippen LogP contribution is 2.39. The zero-order chi connectivity index (χ0) is 20.4. The van der Waals surface area contributed by atoms with Gasteiger partial charge in [0.2, 0.25) is 5.91 Å². The van der Waals surface area contributed by atoms with E-state index in [0.717, 1.165) is 40.6 Å². The van der Waals surface area contributed by atoms with Crippen LogP contribution >= 0.6 is 23.1 Å². The lowest BCUT2D eigenvalue weighted by atomic mass is 9.97. The topological polar surface area (TPSA) is 54.9 Å². The predicted molar refractivity (Wildman–Crippen MR) is 123 cm³/mol. The molecule has 2 heterocycles. The summed E-state index contributed by atoms with van der Waals surface area (Å²) in [6.07, 6.45) is 5.84. The summed E-state index contributed by atoms with van der Waals surface area (Å²) < 4.78 is 0. The van der Waals surface area contributed by atoms with Crippen LogP contribution in [-0.2, 0) is 17.6 Å². The summed E-state index contributed by atoms with van der Waals surface area (Å²) >= 11 is 3.33. The number of thiophene rings is 1. The van der Waals surface area contributed by atoms with Gasteiger partial charge in [0.25, 0.3) is 0 Å². The molecule has 152 valence electrons. The average Bonchev–Trinajstić information content (AvgIpc) is 3.10. The van der Waals surface area contributed by atoms with E-state index in [4.69, 9.17) is 0 Å². The molecule has 2 aromatic heterocycles. The Hall–Kier alpha value is -1.92. The van der Waals surface area contributed by atoms with E-state index < -0.39 is 0 Å². The molecule has 3 aromatic rings. The Morgan fingerprint density at radius 3 is 2.72 bits per heavy atom. The van der Waals surface area contributed by atoms with E-state index in [1.165, 1.54) is 46.0 Å². The molecule has 4 nitrogen and oxygen atoms in total. The molecule has 1 N–H and O–H groups in total. The normalized spacial score (nSPS) is 14.6. The van der Waals surface area contributed by atoms with Crippen molar-refractivity contribution in [2.24, 2.45) is 0 Å². The summed E-state index contributed by atoms with van der Waals surface area (Å²) in [5.74, 6) is 1.67. The molecule has 0 radical (unpaired) electrons. The van der Waals surface area contributed by atoms with Crippen molar-refractivity contribution in [3.8, 4) is 0 Å². The van der Waals surface area contributed by atoms with E-state index in [1.807, 2.05) is 19.1 Å². The highest BCUT2D eigenvalue weighted by atomic mass is 32.2. The van der Waals surface area contributed by atoms with Crippen molar-refractivity contribution < 1.29 is 4.79 Å². The van der Waals surface area contributed by atoms with E-state index in [0.29, 0.717) is 11.7 Å². The number of fused-ring (bicyclic) bond motifs is 3. The molecule has 1 aromatic carbocycles. The fourth-order valence-electron chi connectivity index (χ4n) is 3.79. The monoisotopic (exact) mass is 425 g/mol. The van der Waals surface area contributed by atoms with Gasteiger partial charge in [0.15, 0.2) is 0 Å². The Kier molecular flexibility index (Phi) is 6.20. The zero-order valence-corrected chi connectivity index (χ0v) is 18.9. The van der Waals surface area contributed by atoms with Crippen LogP contribution in [0.4, 0.5) is 5.69 Å². The lowest BCUT2D eigenvalue weighted by Crippen LogP contribution is -2.14. The summed E-state index contributed by atoms with van der Waals surface area (Å²) in [6, 6.07) is 8.19. The molecular formula is C23H27N3OS2. The van der Waals surface area contributed by atoms with Gasteiger partial charge in [-0.05, 0) is 68.2 Å². The molecule has 0 fully saturated rings. The molecule has 1 atom stereocenters. The van der Waals surface area contributed by atoms with Gasteiger partial charge in [0.1, 0.15) is 15.7 Å². The first-order chi connectivity index (χ1) is 14.0. The number of carbonyl (C=O) groups excluding carboxylic acids is 1. The molecule has 1 aliphatic rings. The third-order valence-electron chi connectivity index (χ3n) is 5.61. The lowest BCUT2D eigenvalue weighted by Gasteiger charge is -2.12. The Labute approximate surface area is 180 Å². The fraction of sp³-hybridized carbons (Fsp3) is 0.435. The van der Waals surface area contributed by atoms with Crippen LogP contribution in [0.1, 0.15) is 60.9 Å². The van der Waals surface area contributed by atoms with Gasteiger partial charge in [-0.15, -0.1) is 11.3 Å². The van der Waals surface area contributed by atoms with E-state index in [2.05, 4.69) is 41.3 Å². The summed E-state index contributed by atoms with van der Waals surface area (Å²) in [6.45, 7) is 6.34. The SMILES string of the molecule is CCC(C)c1ccc(NC(=O)CSc2nc(C)nc3sc4c(c23)CCCC4)cc1. The molecule has 29 heavy (non-hydrogen) atoms. The van der Waals surface area contributed by atoms with Crippen molar-refractivity contribution in [3.63, 3.8) is 0 Å². The van der Waals surface area contributed by atoms with Gasteiger partial charge in [-0.3, -0.25) is 4.79 Å². The highest BCUT2D eigenvalue weighted by molar-refractivity contribution is 8.00. The second-order valence-electron chi connectivity index (χ2n) is 7.74. The number of thioether (sulfide) groups is 1. The molecule has 1 amide bonds. The Balaban J connectivity index is 1.46. The molecule has 0 spiro atoms. The number of benzene rings is 1. The highest BCUT2D eigenvalue weighted by Gasteiger charge is 2.21. The van der Waals surface area contributed by atoms with Gasteiger partial charge >= 0.3 is 0 Å². The average molecular weight is 426 g/mol. The van der Waals surface area contributed by atoms with E-state index in [1.54, 1.807) is 11.3 Å². The van der Waals surface area contributed by atoms with Crippen LogP contribution in [0.25, 0.3) is 10.2 Å². The number of nitrogens with zero attached hydrogens (tertiary/aromatic N) is 2. The van der Waals surface area contributed by atoms with Crippen molar-refractivity contribution >= 4 is 44.9 Å². The van der Waals surface area contributed by atoms with Crippen LogP contribution in [0.15, 0.2) is 29.3 Å². The molecular weight excluding hydrogens is 398 g/mol. The standard InChI is InChI=1S/C23H27N3OS2/c1-4-14(2)16-9-11-17(12-10-16)26-20(27)13-28-22-21-18-7-5-6-8-19(18)29-23(21)25-15(3)24-22/h9-12,14H,4-8,13H2,1-3H3,(H,26,27). The van der Waals surface area contributed by atoms with Crippen molar-refractivity contribution in [3.05, 3.63) is 46.1 Å². The molecule has 0 saturated carbocycles. The number of carbonyl (C=O) groups is 1. The van der Waals surface area contributed by atoms with Crippen LogP contribution in [0.2, 0.25) is 0 Å². The van der Waals surface area contributed by atoms with Crippen LogP contribution in [-0.4, -0.2) is 21.6 Å². The van der Waals surface area contributed by atoms with E-state index in [-0.39, 0.29) is 5.91 Å². The quantitative estimate of drug-likeness (QED) is 0.382. The van der Waals surface area contributed by atoms with Gasteiger partial charge in [-0.2, -0.15) is 0 Å². The first-order valence-electron chi connectivity index (χ1n) is 10.4. The van der Waals surface area contributed by atoms with Crippen molar-refractivity contribution in [2.45, 2.75) is 63.8 Å². The first-order valence-corrected chi connectivity index (χ1v) is 12.2. The van der Waals surface area contributed by atoms with Crippen molar-refractivity contribution in [1.29, 1.82) is 0 Å². The minimum atomic E-state index is -0.000183. The van der Waals surface area contributed by atoms with Gasteiger partial charge in [0, 0.05) is 16.0 Å². The number of nitrogens with one attached hydrogen (secondary N) is 1. The number of hydrogen-bond donors (Lipinski definition) is 1.